The van der Waals surface area contributed by atoms with Gasteiger partial charge in [-0.05, 0) is 48.1 Å². The Balaban J connectivity index is 1.46. The first-order valence-electron chi connectivity index (χ1n) is 8.80. The van der Waals surface area contributed by atoms with Gasteiger partial charge in [-0.15, -0.1) is 11.3 Å². The monoisotopic (exact) mass is 352 g/mol. The van der Waals surface area contributed by atoms with Crippen LogP contribution in [0, 0.1) is 5.92 Å². The lowest BCUT2D eigenvalue weighted by molar-refractivity contribution is 0.115. The highest BCUT2D eigenvalue weighted by molar-refractivity contribution is 7.09. The zero-order chi connectivity index (χ0) is 16.8. The first kappa shape index (κ1) is 15.2. The van der Waals surface area contributed by atoms with Crippen molar-refractivity contribution in [3.63, 3.8) is 0 Å². The SMILES string of the molecule is O=c1c(-c2ccco2)ccc2n1C[C@@H]1C[C@@H]2CN(Cc2cccs2)C1. The molecule has 5 heterocycles. The standard InChI is InChI=1S/C20H20N2O2S/c23-20-17(19-4-1-7-24-19)5-6-18-15-9-14(11-22(18)20)10-21(12-15)13-16-3-2-8-25-16/h1-8,14-15H,9-13H2/t14-,15-/m1/s1. The fraction of sp³-hybridized carbons (Fsp3) is 0.350. The molecule has 0 spiro atoms. The molecule has 4 nitrogen and oxygen atoms in total. The van der Waals surface area contributed by atoms with Gasteiger partial charge in [-0.25, -0.2) is 0 Å². The molecule has 0 unspecified atom stereocenters. The van der Waals surface area contributed by atoms with Crippen LogP contribution >= 0.6 is 11.3 Å². The summed E-state index contributed by atoms with van der Waals surface area (Å²) in [5, 5.41) is 2.14. The summed E-state index contributed by atoms with van der Waals surface area (Å²) in [6.07, 6.45) is 2.82. The highest BCUT2D eigenvalue weighted by Crippen LogP contribution is 2.36. The average molecular weight is 352 g/mol. The second-order valence-electron chi connectivity index (χ2n) is 7.14. The molecule has 3 aromatic rings. The maximum Gasteiger partial charge on any atom is 0.261 e. The van der Waals surface area contributed by atoms with Crippen molar-refractivity contribution in [3.05, 3.63) is 69.0 Å². The zero-order valence-corrected chi connectivity index (χ0v) is 14.7. The highest BCUT2D eigenvalue weighted by atomic mass is 32.1. The zero-order valence-electron chi connectivity index (χ0n) is 13.9. The Morgan fingerprint density at radius 3 is 2.88 bits per heavy atom. The summed E-state index contributed by atoms with van der Waals surface area (Å²) in [5.74, 6) is 1.66. The van der Waals surface area contributed by atoms with Gasteiger partial charge in [0.1, 0.15) is 5.76 Å². The number of rotatable bonds is 3. The third kappa shape index (κ3) is 2.68. The van der Waals surface area contributed by atoms with E-state index < -0.39 is 0 Å². The van der Waals surface area contributed by atoms with E-state index in [9.17, 15) is 4.79 Å². The number of pyridine rings is 1. The van der Waals surface area contributed by atoms with E-state index in [0.717, 1.165) is 26.2 Å². The molecule has 0 N–H and O–H groups in total. The second-order valence-corrected chi connectivity index (χ2v) is 8.17. The van der Waals surface area contributed by atoms with Gasteiger partial charge in [-0.2, -0.15) is 0 Å². The minimum Gasteiger partial charge on any atom is -0.464 e. The van der Waals surface area contributed by atoms with Gasteiger partial charge >= 0.3 is 0 Å². The van der Waals surface area contributed by atoms with Crippen LogP contribution in [0.3, 0.4) is 0 Å². The normalized spacial score (nSPS) is 22.7. The molecule has 0 aliphatic carbocycles. The molecular formula is C20H20N2O2S. The summed E-state index contributed by atoms with van der Waals surface area (Å²) >= 11 is 1.83. The molecule has 2 aliphatic rings. The van der Waals surface area contributed by atoms with Gasteiger partial charge in [-0.3, -0.25) is 9.69 Å². The number of hydrogen-bond donors (Lipinski definition) is 0. The molecule has 5 rings (SSSR count). The van der Waals surface area contributed by atoms with Crippen LogP contribution in [-0.2, 0) is 13.1 Å². The van der Waals surface area contributed by atoms with Gasteiger partial charge in [-0.1, -0.05) is 6.07 Å². The predicted molar refractivity (Wildman–Crippen MR) is 98.8 cm³/mol. The molecule has 1 saturated heterocycles. The van der Waals surface area contributed by atoms with E-state index in [1.165, 1.54) is 17.0 Å². The van der Waals surface area contributed by atoms with Gasteiger partial charge < -0.3 is 8.98 Å². The molecule has 0 radical (unpaired) electrons. The van der Waals surface area contributed by atoms with E-state index >= 15 is 0 Å². The van der Waals surface area contributed by atoms with Crippen LogP contribution in [0.5, 0.6) is 0 Å². The maximum atomic E-state index is 13.0. The van der Waals surface area contributed by atoms with Crippen LogP contribution in [0.2, 0.25) is 0 Å². The Hall–Kier alpha value is -2.11. The number of likely N-dealkylation sites (tertiary alicyclic amines) is 1. The number of furan rings is 1. The fourth-order valence-electron chi connectivity index (χ4n) is 4.42. The molecule has 5 heteroatoms. The summed E-state index contributed by atoms with van der Waals surface area (Å²) < 4.78 is 7.44. The van der Waals surface area contributed by atoms with Crippen LogP contribution in [-0.4, -0.2) is 22.6 Å². The largest absolute Gasteiger partial charge is 0.464 e. The summed E-state index contributed by atoms with van der Waals surface area (Å²) in [7, 11) is 0. The fourth-order valence-corrected chi connectivity index (χ4v) is 5.16. The molecule has 2 atom stereocenters. The smallest absolute Gasteiger partial charge is 0.261 e. The van der Waals surface area contributed by atoms with Crippen molar-refractivity contribution < 1.29 is 4.42 Å². The van der Waals surface area contributed by atoms with E-state index in [2.05, 4.69) is 28.5 Å². The van der Waals surface area contributed by atoms with E-state index in [1.807, 2.05) is 34.1 Å². The van der Waals surface area contributed by atoms with Gasteiger partial charge in [0.15, 0.2) is 0 Å². The van der Waals surface area contributed by atoms with Crippen molar-refractivity contribution >= 4 is 11.3 Å². The van der Waals surface area contributed by atoms with Crippen molar-refractivity contribution in [1.82, 2.24) is 9.47 Å². The van der Waals surface area contributed by atoms with Gasteiger partial charge in [0, 0.05) is 42.7 Å². The summed E-state index contributed by atoms with van der Waals surface area (Å²) in [6, 6.07) is 12.1. The maximum absolute atomic E-state index is 13.0. The quantitative estimate of drug-likeness (QED) is 0.720. The van der Waals surface area contributed by atoms with Crippen LogP contribution in [0.15, 0.2) is 57.3 Å². The molecule has 3 aromatic heterocycles. The molecule has 25 heavy (non-hydrogen) atoms. The molecule has 0 saturated carbocycles. The average Bonchev–Trinajstić information content (AvgIpc) is 3.29. The van der Waals surface area contributed by atoms with Gasteiger partial charge in [0.2, 0.25) is 0 Å². The van der Waals surface area contributed by atoms with Crippen LogP contribution < -0.4 is 5.56 Å². The van der Waals surface area contributed by atoms with Crippen molar-refractivity contribution in [2.24, 2.45) is 5.92 Å². The van der Waals surface area contributed by atoms with Crippen LogP contribution in [0.4, 0.5) is 0 Å². The Kier molecular flexibility index (Phi) is 3.64. The molecule has 0 amide bonds. The molecule has 1 fully saturated rings. The first-order chi connectivity index (χ1) is 12.3. The third-order valence-electron chi connectivity index (χ3n) is 5.43. The topological polar surface area (TPSA) is 38.4 Å². The minimum atomic E-state index is 0.0915. The van der Waals surface area contributed by atoms with Gasteiger partial charge in [0.05, 0.1) is 11.8 Å². The summed E-state index contributed by atoms with van der Waals surface area (Å²) in [5.41, 5.74) is 1.95. The Labute approximate surface area is 150 Å². The molecular weight excluding hydrogens is 332 g/mol. The predicted octanol–water partition coefficient (Wildman–Crippen LogP) is 3.79. The lowest BCUT2D eigenvalue weighted by atomic mass is 9.83. The van der Waals surface area contributed by atoms with E-state index in [4.69, 9.17) is 4.42 Å². The third-order valence-corrected chi connectivity index (χ3v) is 6.29. The van der Waals surface area contributed by atoms with E-state index in [1.54, 1.807) is 6.26 Å². The van der Waals surface area contributed by atoms with Crippen molar-refractivity contribution in [1.29, 1.82) is 0 Å². The van der Waals surface area contributed by atoms with Crippen molar-refractivity contribution in [2.45, 2.75) is 25.4 Å². The molecule has 2 bridgehead atoms. The molecule has 128 valence electrons. The first-order valence-corrected chi connectivity index (χ1v) is 9.68. The Bertz CT molecular complexity index is 927. The number of nitrogens with zero attached hydrogens (tertiary/aromatic N) is 2. The van der Waals surface area contributed by atoms with E-state index in [0.29, 0.717) is 23.2 Å². The Morgan fingerprint density at radius 1 is 1.12 bits per heavy atom. The van der Waals surface area contributed by atoms with E-state index in [-0.39, 0.29) is 5.56 Å². The van der Waals surface area contributed by atoms with Gasteiger partial charge in [0.25, 0.3) is 5.56 Å². The number of fused-ring (bicyclic) bond motifs is 4. The Morgan fingerprint density at radius 2 is 2.08 bits per heavy atom. The molecule has 2 aliphatic heterocycles. The highest BCUT2D eigenvalue weighted by Gasteiger charge is 2.35. The number of piperidine rings is 1. The lowest BCUT2D eigenvalue weighted by Crippen LogP contribution is -2.46. The van der Waals surface area contributed by atoms with Crippen molar-refractivity contribution in [2.75, 3.05) is 13.1 Å². The summed E-state index contributed by atoms with van der Waals surface area (Å²) in [6.45, 7) is 3.96. The second kappa shape index (κ2) is 6.00. The van der Waals surface area contributed by atoms with Crippen LogP contribution in [0.1, 0.15) is 22.9 Å². The molecule has 0 aromatic carbocycles. The lowest BCUT2D eigenvalue weighted by Gasteiger charge is -2.42. The number of hydrogen-bond acceptors (Lipinski definition) is 4. The number of thiophene rings is 1. The number of aromatic nitrogens is 1. The minimum absolute atomic E-state index is 0.0915. The van der Waals surface area contributed by atoms with Crippen molar-refractivity contribution in [3.8, 4) is 11.3 Å². The summed E-state index contributed by atoms with van der Waals surface area (Å²) in [4.78, 5) is 16.9. The van der Waals surface area contributed by atoms with Crippen LogP contribution in [0.25, 0.3) is 11.3 Å².